The van der Waals surface area contributed by atoms with Crippen molar-refractivity contribution in [2.75, 3.05) is 33.3 Å². The molecule has 1 aliphatic rings. The molecule has 0 bridgehead atoms. The van der Waals surface area contributed by atoms with Crippen LogP contribution < -0.4 is 0 Å². The maximum absolute atomic E-state index is 12.3. The second-order valence-corrected chi connectivity index (χ2v) is 6.08. The van der Waals surface area contributed by atoms with Gasteiger partial charge in [-0.25, -0.2) is 0 Å². The van der Waals surface area contributed by atoms with Gasteiger partial charge >= 0.3 is 5.97 Å². The number of piperidine rings is 1. The number of carbonyl (C=O) groups is 3. The number of hydrogen-bond donors (Lipinski definition) is 1. The Bertz CT molecular complexity index is 427. The van der Waals surface area contributed by atoms with Crippen molar-refractivity contribution >= 4 is 17.8 Å². The van der Waals surface area contributed by atoms with Crippen LogP contribution >= 0.6 is 0 Å². The van der Waals surface area contributed by atoms with Crippen LogP contribution in [0.25, 0.3) is 0 Å². The molecule has 23 heavy (non-hydrogen) atoms. The highest BCUT2D eigenvalue weighted by molar-refractivity contribution is 5.87. The average Bonchev–Trinajstić information content (AvgIpc) is 2.54. The number of aliphatic carboxylic acids is 1. The third-order valence-electron chi connectivity index (χ3n) is 4.09. The Labute approximate surface area is 137 Å². The normalized spacial score (nSPS) is 19.3. The molecule has 0 saturated carbocycles. The maximum Gasteiger partial charge on any atom is 0.308 e. The first-order valence-electron chi connectivity index (χ1n) is 8.24. The fraction of sp³-hybridized carbons (Fsp3) is 0.812. The first kappa shape index (κ1) is 19.4. The molecule has 2 atom stereocenters. The zero-order valence-electron chi connectivity index (χ0n) is 14.3. The summed E-state index contributed by atoms with van der Waals surface area (Å²) >= 11 is 0. The number of carbonyl (C=O) groups excluding carboxylic acids is 2. The molecule has 1 fully saturated rings. The van der Waals surface area contributed by atoms with Gasteiger partial charge in [0.1, 0.15) is 6.10 Å². The minimum Gasteiger partial charge on any atom is -0.481 e. The molecule has 0 spiro atoms. The molecular formula is C16H28N2O5. The highest BCUT2D eigenvalue weighted by Crippen LogP contribution is 2.17. The molecule has 7 nitrogen and oxygen atoms in total. The number of unbranched alkanes of at least 4 members (excludes halogenated alkanes) is 1. The van der Waals surface area contributed by atoms with Gasteiger partial charge in [0.15, 0.2) is 0 Å². The summed E-state index contributed by atoms with van der Waals surface area (Å²) < 4.78 is 5.45. The number of rotatable bonds is 8. The number of carboxylic acid groups (broad SMARTS) is 1. The number of likely N-dealkylation sites (tertiary alicyclic amines) is 1. The lowest BCUT2D eigenvalue weighted by Crippen LogP contribution is -2.48. The van der Waals surface area contributed by atoms with E-state index in [1.807, 2.05) is 6.92 Å². The van der Waals surface area contributed by atoms with Gasteiger partial charge in [-0.1, -0.05) is 13.3 Å². The van der Waals surface area contributed by atoms with Crippen LogP contribution in [0.1, 0.15) is 39.5 Å². The van der Waals surface area contributed by atoms with E-state index >= 15 is 0 Å². The van der Waals surface area contributed by atoms with Crippen LogP contribution in [-0.2, 0) is 19.1 Å². The van der Waals surface area contributed by atoms with Gasteiger partial charge in [0.25, 0.3) is 5.91 Å². The van der Waals surface area contributed by atoms with Crippen molar-refractivity contribution in [2.45, 2.75) is 45.6 Å². The largest absolute Gasteiger partial charge is 0.481 e. The summed E-state index contributed by atoms with van der Waals surface area (Å²) in [6.45, 7) is 4.97. The van der Waals surface area contributed by atoms with Crippen LogP contribution in [0.2, 0.25) is 0 Å². The Morgan fingerprint density at radius 1 is 1.39 bits per heavy atom. The summed E-state index contributed by atoms with van der Waals surface area (Å²) in [5, 5.41) is 9.06. The molecule has 0 aromatic heterocycles. The first-order chi connectivity index (χ1) is 10.9. The zero-order valence-corrected chi connectivity index (χ0v) is 14.3. The Balaban J connectivity index is 2.45. The third-order valence-corrected chi connectivity index (χ3v) is 4.09. The highest BCUT2D eigenvalue weighted by Gasteiger charge is 2.29. The van der Waals surface area contributed by atoms with E-state index in [0.29, 0.717) is 26.0 Å². The van der Waals surface area contributed by atoms with E-state index in [1.165, 1.54) is 9.80 Å². The van der Waals surface area contributed by atoms with E-state index in [0.717, 1.165) is 12.8 Å². The first-order valence-corrected chi connectivity index (χ1v) is 8.24. The number of carboxylic acids is 1. The van der Waals surface area contributed by atoms with E-state index in [9.17, 15) is 14.4 Å². The monoisotopic (exact) mass is 328 g/mol. The number of amides is 2. The van der Waals surface area contributed by atoms with E-state index in [2.05, 4.69) is 0 Å². The second kappa shape index (κ2) is 9.50. The summed E-state index contributed by atoms with van der Waals surface area (Å²) in [4.78, 5) is 38.4. The van der Waals surface area contributed by atoms with Gasteiger partial charge in [0, 0.05) is 26.7 Å². The predicted octanol–water partition coefficient (Wildman–Crippen LogP) is 0.973. The Morgan fingerprint density at radius 2 is 2.09 bits per heavy atom. The molecule has 0 aromatic rings. The molecule has 0 radical (unpaired) electrons. The summed E-state index contributed by atoms with van der Waals surface area (Å²) in [6, 6.07) is 0. The van der Waals surface area contributed by atoms with E-state index in [1.54, 1.807) is 14.0 Å². The number of ether oxygens (including phenoxy) is 1. The smallest absolute Gasteiger partial charge is 0.308 e. The van der Waals surface area contributed by atoms with Gasteiger partial charge in [-0.2, -0.15) is 0 Å². The predicted molar refractivity (Wildman–Crippen MR) is 84.9 cm³/mol. The van der Waals surface area contributed by atoms with Crippen molar-refractivity contribution < 1.29 is 24.2 Å². The van der Waals surface area contributed by atoms with Crippen LogP contribution in [0.3, 0.4) is 0 Å². The molecular weight excluding hydrogens is 300 g/mol. The average molecular weight is 328 g/mol. The minimum atomic E-state index is -0.870. The van der Waals surface area contributed by atoms with Crippen molar-refractivity contribution in [2.24, 2.45) is 5.92 Å². The van der Waals surface area contributed by atoms with Gasteiger partial charge < -0.3 is 19.6 Å². The van der Waals surface area contributed by atoms with Crippen LogP contribution in [-0.4, -0.2) is 72.1 Å². The molecule has 0 aliphatic carbocycles. The van der Waals surface area contributed by atoms with Crippen molar-refractivity contribution in [3.63, 3.8) is 0 Å². The van der Waals surface area contributed by atoms with Crippen molar-refractivity contribution in [3.8, 4) is 0 Å². The van der Waals surface area contributed by atoms with Gasteiger partial charge in [-0.05, 0) is 26.2 Å². The van der Waals surface area contributed by atoms with Crippen LogP contribution in [0.15, 0.2) is 0 Å². The molecule has 1 heterocycles. The lowest BCUT2D eigenvalue weighted by atomic mass is 9.98. The quantitative estimate of drug-likeness (QED) is 0.671. The Hall–Kier alpha value is -1.63. The number of nitrogens with zero attached hydrogens (tertiary/aromatic N) is 2. The molecule has 1 rings (SSSR count). The van der Waals surface area contributed by atoms with Crippen molar-refractivity contribution in [3.05, 3.63) is 0 Å². The third kappa shape index (κ3) is 6.17. The molecule has 1 saturated heterocycles. The van der Waals surface area contributed by atoms with Gasteiger partial charge in [0.05, 0.1) is 12.5 Å². The van der Waals surface area contributed by atoms with Gasteiger partial charge in [-0.15, -0.1) is 0 Å². The Morgan fingerprint density at radius 3 is 2.70 bits per heavy atom. The Kier molecular flexibility index (Phi) is 8.02. The maximum atomic E-state index is 12.3. The zero-order chi connectivity index (χ0) is 17.4. The van der Waals surface area contributed by atoms with Crippen molar-refractivity contribution in [1.82, 2.24) is 9.80 Å². The number of hydrogen-bond acceptors (Lipinski definition) is 4. The molecule has 2 unspecified atom stereocenters. The lowest BCUT2D eigenvalue weighted by Gasteiger charge is -2.32. The molecule has 1 N–H and O–H groups in total. The standard InChI is InChI=1S/C16H28N2O5/c1-4-5-9-23-12(2)15(20)17(3)11-14(19)18-8-6-7-13(10-18)16(21)22/h12-13H,4-11H2,1-3H3,(H,21,22). The topological polar surface area (TPSA) is 87.2 Å². The summed E-state index contributed by atoms with van der Waals surface area (Å²) in [5.41, 5.74) is 0. The lowest BCUT2D eigenvalue weighted by molar-refractivity contribution is -0.149. The van der Waals surface area contributed by atoms with Gasteiger partial charge in [0.2, 0.25) is 5.91 Å². The second-order valence-electron chi connectivity index (χ2n) is 6.08. The highest BCUT2D eigenvalue weighted by atomic mass is 16.5. The molecule has 1 aliphatic heterocycles. The summed E-state index contributed by atoms with van der Waals surface area (Å²) in [7, 11) is 1.57. The van der Waals surface area contributed by atoms with Crippen LogP contribution in [0.5, 0.6) is 0 Å². The van der Waals surface area contributed by atoms with Crippen LogP contribution in [0.4, 0.5) is 0 Å². The van der Waals surface area contributed by atoms with Crippen LogP contribution in [0, 0.1) is 5.92 Å². The van der Waals surface area contributed by atoms with E-state index in [-0.39, 0.29) is 24.9 Å². The minimum absolute atomic E-state index is 0.0490. The molecule has 132 valence electrons. The summed E-state index contributed by atoms with van der Waals surface area (Å²) in [5.74, 6) is -1.83. The SMILES string of the molecule is CCCCOC(C)C(=O)N(C)CC(=O)N1CCCC(C(=O)O)C1. The molecule has 2 amide bonds. The fourth-order valence-electron chi connectivity index (χ4n) is 2.57. The molecule has 0 aromatic carbocycles. The fourth-order valence-corrected chi connectivity index (χ4v) is 2.57. The van der Waals surface area contributed by atoms with E-state index < -0.39 is 18.0 Å². The summed E-state index contributed by atoms with van der Waals surface area (Å²) in [6.07, 6.45) is 2.58. The van der Waals surface area contributed by atoms with Crippen molar-refractivity contribution in [1.29, 1.82) is 0 Å². The van der Waals surface area contributed by atoms with Gasteiger partial charge in [-0.3, -0.25) is 14.4 Å². The molecule has 7 heteroatoms. The number of likely N-dealkylation sites (N-methyl/N-ethyl adjacent to an activating group) is 1. The van der Waals surface area contributed by atoms with E-state index in [4.69, 9.17) is 9.84 Å².